The highest BCUT2D eigenvalue weighted by Crippen LogP contribution is 2.14. The van der Waals surface area contributed by atoms with Crippen LogP contribution < -0.4 is 5.32 Å². The molecule has 1 aliphatic rings. The van der Waals surface area contributed by atoms with Crippen molar-refractivity contribution in [3.63, 3.8) is 0 Å². The van der Waals surface area contributed by atoms with Gasteiger partial charge in [-0.1, -0.05) is 26.2 Å². The van der Waals surface area contributed by atoms with Crippen molar-refractivity contribution < 1.29 is 0 Å². The van der Waals surface area contributed by atoms with E-state index in [4.69, 9.17) is 0 Å². The molecule has 0 radical (unpaired) electrons. The lowest BCUT2D eigenvalue weighted by molar-refractivity contribution is 0.290. The third kappa shape index (κ3) is 4.98. The van der Waals surface area contributed by atoms with E-state index in [1.54, 1.807) is 0 Å². The lowest BCUT2D eigenvalue weighted by Gasteiger charge is -2.22. The van der Waals surface area contributed by atoms with Gasteiger partial charge in [0, 0.05) is 18.6 Å². The molecule has 1 fully saturated rings. The predicted octanol–water partition coefficient (Wildman–Crippen LogP) is 2.64. The Kier molecular flexibility index (Phi) is 6.26. The second kappa shape index (κ2) is 7.24. The summed E-state index contributed by atoms with van der Waals surface area (Å²) in [5.74, 6) is 0. The lowest BCUT2D eigenvalue weighted by Crippen LogP contribution is -2.39. The SMILES string of the molecule is CCCCCC(C)NCC1CCCN1C. The Bertz CT molecular complexity index is 159. The van der Waals surface area contributed by atoms with Crippen molar-refractivity contribution in [2.75, 3.05) is 20.1 Å². The Balaban J connectivity index is 2.03. The van der Waals surface area contributed by atoms with E-state index < -0.39 is 0 Å². The smallest absolute Gasteiger partial charge is 0.0218 e. The number of rotatable bonds is 7. The van der Waals surface area contributed by atoms with Crippen LogP contribution in [0.1, 0.15) is 52.4 Å². The van der Waals surface area contributed by atoms with Gasteiger partial charge >= 0.3 is 0 Å². The zero-order chi connectivity index (χ0) is 11.1. The van der Waals surface area contributed by atoms with Crippen molar-refractivity contribution in [2.45, 2.75) is 64.5 Å². The van der Waals surface area contributed by atoms with Crippen LogP contribution in [0.5, 0.6) is 0 Å². The average Bonchev–Trinajstić information content (AvgIpc) is 2.61. The van der Waals surface area contributed by atoms with Gasteiger partial charge in [0.2, 0.25) is 0 Å². The number of unbranched alkanes of at least 4 members (excludes halogenated alkanes) is 2. The summed E-state index contributed by atoms with van der Waals surface area (Å²) in [5.41, 5.74) is 0. The molecular weight excluding hydrogens is 184 g/mol. The molecule has 2 unspecified atom stereocenters. The summed E-state index contributed by atoms with van der Waals surface area (Å²) in [6, 6.07) is 1.49. The summed E-state index contributed by atoms with van der Waals surface area (Å²) >= 11 is 0. The molecule has 90 valence electrons. The monoisotopic (exact) mass is 212 g/mol. The predicted molar refractivity (Wildman–Crippen MR) is 67.3 cm³/mol. The summed E-state index contributed by atoms with van der Waals surface area (Å²) in [6.45, 7) is 7.07. The van der Waals surface area contributed by atoms with Crippen molar-refractivity contribution in [3.8, 4) is 0 Å². The molecule has 1 N–H and O–H groups in total. The van der Waals surface area contributed by atoms with E-state index in [0.29, 0.717) is 6.04 Å². The van der Waals surface area contributed by atoms with Crippen LogP contribution in [0, 0.1) is 0 Å². The van der Waals surface area contributed by atoms with Crippen LogP contribution in [0.25, 0.3) is 0 Å². The number of hydrogen-bond donors (Lipinski definition) is 1. The molecule has 0 spiro atoms. The number of nitrogens with zero attached hydrogens (tertiary/aromatic N) is 1. The van der Waals surface area contributed by atoms with Gasteiger partial charge in [0.15, 0.2) is 0 Å². The fourth-order valence-corrected chi connectivity index (χ4v) is 2.38. The van der Waals surface area contributed by atoms with Crippen molar-refractivity contribution in [1.82, 2.24) is 10.2 Å². The maximum absolute atomic E-state index is 3.67. The van der Waals surface area contributed by atoms with Crippen molar-refractivity contribution in [3.05, 3.63) is 0 Å². The highest BCUT2D eigenvalue weighted by molar-refractivity contribution is 4.79. The molecule has 1 rings (SSSR count). The minimum Gasteiger partial charge on any atom is -0.313 e. The van der Waals surface area contributed by atoms with Crippen LogP contribution in [-0.4, -0.2) is 37.1 Å². The van der Waals surface area contributed by atoms with Gasteiger partial charge in [0.25, 0.3) is 0 Å². The highest BCUT2D eigenvalue weighted by Gasteiger charge is 2.20. The molecule has 1 saturated heterocycles. The Hall–Kier alpha value is -0.0800. The Morgan fingerprint density at radius 1 is 1.40 bits per heavy atom. The third-order valence-corrected chi connectivity index (χ3v) is 3.61. The largest absolute Gasteiger partial charge is 0.313 e. The van der Waals surface area contributed by atoms with E-state index in [0.717, 1.165) is 6.04 Å². The molecule has 0 aliphatic carbocycles. The second-order valence-electron chi connectivity index (χ2n) is 5.08. The molecule has 0 amide bonds. The average molecular weight is 212 g/mol. The maximum Gasteiger partial charge on any atom is 0.0218 e. The van der Waals surface area contributed by atoms with E-state index in [-0.39, 0.29) is 0 Å². The van der Waals surface area contributed by atoms with Crippen LogP contribution in [0.2, 0.25) is 0 Å². The maximum atomic E-state index is 3.67. The van der Waals surface area contributed by atoms with Gasteiger partial charge in [-0.05, 0) is 39.8 Å². The summed E-state index contributed by atoms with van der Waals surface area (Å²) in [5, 5.41) is 3.67. The zero-order valence-corrected chi connectivity index (χ0v) is 10.8. The molecule has 0 bridgehead atoms. The first-order valence-electron chi connectivity index (χ1n) is 6.67. The topological polar surface area (TPSA) is 15.3 Å². The number of likely N-dealkylation sites (tertiary alicyclic amines) is 1. The second-order valence-corrected chi connectivity index (χ2v) is 5.08. The molecule has 0 aromatic heterocycles. The Labute approximate surface area is 95.4 Å². The van der Waals surface area contributed by atoms with Crippen molar-refractivity contribution in [1.29, 1.82) is 0 Å². The molecule has 0 aromatic carbocycles. The first-order chi connectivity index (χ1) is 7.24. The molecule has 15 heavy (non-hydrogen) atoms. The molecule has 2 heteroatoms. The van der Waals surface area contributed by atoms with Crippen LogP contribution in [0.3, 0.4) is 0 Å². The van der Waals surface area contributed by atoms with Gasteiger partial charge in [-0.3, -0.25) is 0 Å². The van der Waals surface area contributed by atoms with Crippen LogP contribution >= 0.6 is 0 Å². The summed E-state index contributed by atoms with van der Waals surface area (Å²) in [7, 11) is 2.25. The van der Waals surface area contributed by atoms with Crippen LogP contribution in [0.15, 0.2) is 0 Å². The normalized spacial score (nSPS) is 24.6. The summed E-state index contributed by atoms with van der Waals surface area (Å²) in [4.78, 5) is 2.49. The van der Waals surface area contributed by atoms with Crippen LogP contribution in [0.4, 0.5) is 0 Å². The highest BCUT2D eigenvalue weighted by atomic mass is 15.2. The summed E-state index contributed by atoms with van der Waals surface area (Å²) < 4.78 is 0. The van der Waals surface area contributed by atoms with Crippen molar-refractivity contribution >= 4 is 0 Å². The lowest BCUT2D eigenvalue weighted by atomic mass is 10.1. The minimum absolute atomic E-state index is 0.700. The molecule has 0 saturated carbocycles. The van der Waals surface area contributed by atoms with E-state index in [1.807, 2.05) is 0 Å². The van der Waals surface area contributed by atoms with E-state index >= 15 is 0 Å². The molecular formula is C13H28N2. The van der Waals surface area contributed by atoms with Gasteiger partial charge in [-0.2, -0.15) is 0 Å². The fourth-order valence-electron chi connectivity index (χ4n) is 2.38. The van der Waals surface area contributed by atoms with E-state index in [1.165, 1.54) is 51.6 Å². The quantitative estimate of drug-likeness (QED) is 0.653. The Morgan fingerprint density at radius 3 is 2.80 bits per heavy atom. The minimum atomic E-state index is 0.700. The number of nitrogens with one attached hydrogen (secondary N) is 1. The van der Waals surface area contributed by atoms with Gasteiger partial charge in [0.1, 0.15) is 0 Å². The van der Waals surface area contributed by atoms with Crippen molar-refractivity contribution in [2.24, 2.45) is 0 Å². The zero-order valence-electron chi connectivity index (χ0n) is 10.8. The first kappa shape index (κ1) is 13.0. The van der Waals surface area contributed by atoms with Gasteiger partial charge < -0.3 is 10.2 Å². The van der Waals surface area contributed by atoms with Gasteiger partial charge in [0.05, 0.1) is 0 Å². The first-order valence-corrected chi connectivity index (χ1v) is 6.67. The molecule has 1 heterocycles. The number of likely N-dealkylation sites (N-methyl/N-ethyl adjacent to an activating group) is 1. The summed E-state index contributed by atoms with van der Waals surface area (Å²) in [6.07, 6.45) is 8.20. The molecule has 1 aliphatic heterocycles. The fraction of sp³-hybridized carbons (Fsp3) is 1.00. The Morgan fingerprint density at radius 2 is 2.20 bits per heavy atom. The van der Waals surface area contributed by atoms with Gasteiger partial charge in [-0.25, -0.2) is 0 Å². The van der Waals surface area contributed by atoms with Crippen LogP contribution in [-0.2, 0) is 0 Å². The van der Waals surface area contributed by atoms with E-state index in [9.17, 15) is 0 Å². The standard InChI is InChI=1S/C13H28N2/c1-4-5-6-8-12(2)14-11-13-9-7-10-15(13)3/h12-14H,4-11H2,1-3H3. The van der Waals surface area contributed by atoms with E-state index in [2.05, 4.69) is 31.1 Å². The number of hydrogen-bond acceptors (Lipinski definition) is 2. The molecule has 2 nitrogen and oxygen atoms in total. The molecule has 2 atom stereocenters. The third-order valence-electron chi connectivity index (χ3n) is 3.61. The van der Waals surface area contributed by atoms with Gasteiger partial charge in [-0.15, -0.1) is 0 Å². The molecule has 0 aromatic rings.